The molecule has 0 spiro atoms. The van der Waals surface area contributed by atoms with Crippen LogP contribution in [0.3, 0.4) is 0 Å². The number of carbonyl (C=O) groups is 2. The highest BCUT2D eigenvalue weighted by molar-refractivity contribution is 7.99. The summed E-state index contributed by atoms with van der Waals surface area (Å²) in [6, 6.07) is 3.01. The van der Waals surface area contributed by atoms with Gasteiger partial charge in [0.05, 0.1) is 11.1 Å². The lowest BCUT2D eigenvalue weighted by Crippen LogP contribution is -2.05. The Hall–Kier alpha value is -2.02. The number of fused-ring (bicyclic) bond motifs is 1. The van der Waals surface area contributed by atoms with Gasteiger partial charge in [0.2, 0.25) is 0 Å². The van der Waals surface area contributed by atoms with E-state index in [-0.39, 0.29) is 22.7 Å². The number of carboxylic acids is 2. The molecule has 3 heterocycles. The van der Waals surface area contributed by atoms with Crippen molar-refractivity contribution in [3.8, 4) is 0 Å². The van der Waals surface area contributed by atoms with E-state index in [4.69, 9.17) is 0 Å². The van der Waals surface area contributed by atoms with Crippen molar-refractivity contribution in [1.82, 2.24) is 9.38 Å². The first kappa shape index (κ1) is 13.0. The minimum atomic E-state index is -1.20. The van der Waals surface area contributed by atoms with Crippen molar-refractivity contribution in [3.05, 3.63) is 35.4 Å². The van der Waals surface area contributed by atoms with Crippen LogP contribution in [0.1, 0.15) is 39.0 Å². The third kappa shape index (κ3) is 1.94. The normalized spacial score (nSPS) is 18.5. The number of hydrogen-bond donors (Lipinski definition) is 2. The molecule has 6 nitrogen and oxygen atoms in total. The van der Waals surface area contributed by atoms with Crippen molar-refractivity contribution in [2.24, 2.45) is 0 Å². The molecule has 1 unspecified atom stereocenters. The Morgan fingerprint density at radius 2 is 2.15 bits per heavy atom. The molecular weight excluding hydrogens is 280 g/mol. The number of aromatic nitrogens is 2. The van der Waals surface area contributed by atoms with Gasteiger partial charge in [-0.15, -0.1) is 0 Å². The van der Waals surface area contributed by atoms with Crippen LogP contribution >= 0.6 is 11.8 Å². The monoisotopic (exact) mass is 292 g/mol. The Labute approximate surface area is 118 Å². The zero-order valence-electron chi connectivity index (χ0n) is 10.4. The molecule has 1 aliphatic rings. The van der Waals surface area contributed by atoms with E-state index < -0.39 is 11.9 Å². The van der Waals surface area contributed by atoms with E-state index in [1.165, 1.54) is 6.07 Å². The molecule has 0 aliphatic carbocycles. The topological polar surface area (TPSA) is 91.9 Å². The maximum Gasteiger partial charge on any atom is 0.356 e. The fourth-order valence-electron chi connectivity index (χ4n) is 2.51. The molecule has 104 valence electrons. The lowest BCUT2D eigenvalue weighted by atomic mass is 10.1. The average Bonchev–Trinajstić information content (AvgIpc) is 3.04. The molecular formula is C13H12N2O4S. The fourth-order valence-corrected chi connectivity index (χ4v) is 3.73. The smallest absolute Gasteiger partial charge is 0.356 e. The van der Waals surface area contributed by atoms with Crippen molar-refractivity contribution in [2.45, 2.75) is 12.3 Å². The largest absolute Gasteiger partial charge is 0.478 e. The number of thioether (sulfide) groups is 1. The standard InChI is InChI=1S/C13H12N2O4S/c16-12(17)8-2-1-4-15-10(8)9(13(18)19)14-11(15)7-3-5-20-6-7/h1-2,4,7H,3,5-6H2,(H,16,17)(H,18,19). The second-order valence-electron chi connectivity index (χ2n) is 4.63. The number of nitrogens with zero attached hydrogens (tertiary/aromatic N) is 2. The summed E-state index contributed by atoms with van der Waals surface area (Å²) in [5.41, 5.74) is -0.0522. The van der Waals surface area contributed by atoms with Gasteiger partial charge in [-0.1, -0.05) is 0 Å². The molecule has 2 aromatic heterocycles. The summed E-state index contributed by atoms with van der Waals surface area (Å²) in [5.74, 6) is 0.365. The van der Waals surface area contributed by atoms with Crippen LogP contribution in [0.15, 0.2) is 18.3 Å². The number of carboxylic acid groups (broad SMARTS) is 2. The molecule has 0 radical (unpaired) electrons. The van der Waals surface area contributed by atoms with Crippen LogP contribution in [0.25, 0.3) is 5.52 Å². The Balaban J connectivity index is 2.30. The summed E-state index contributed by atoms with van der Waals surface area (Å²) in [6.07, 6.45) is 2.61. The quantitative estimate of drug-likeness (QED) is 0.898. The van der Waals surface area contributed by atoms with Gasteiger partial charge in [-0.3, -0.25) is 0 Å². The fraction of sp³-hybridized carbons (Fsp3) is 0.308. The molecule has 3 rings (SSSR count). The van der Waals surface area contributed by atoms with E-state index in [0.717, 1.165) is 17.9 Å². The van der Waals surface area contributed by atoms with Crippen molar-refractivity contribution < 1.29 is 19.8 Å². The molecule has 0 bridgehead atoms. The molecule has 0 amide bonds. The predicted octanol–water partition coefficient (Wildman–Crippen LogP) is 1.95. The lowest BCUT2D eigenvalue weighted by molar-refractivity contribution is 0.0691. The first-order valence-corrected chi connectivity index (χ1v) is 7.30. The van der Waals surface area contributed by atoms with Gasteiger partial charge in [0.1, 0.15) is 5.82 Å². The van der Waals surface area contributed by atoms with Crippen molar-refractivity contribution in [1.29, 1.82) is 0 Å². The van der Waals surface area contributed by atoms with E-state index >= 15 is 0 Å². The Bertz CT molecular complexity index is 704. The summed E-state index contributed by atoms with van der Waals surface area (Å²) in [5, 5.41) is 18.5. The van der Waals surface area contributed by atoms with E-state index in [0.29, 0.717) is 5.82 Å². The van der Waals surface area contributed by atoms with Crippen LogP contribution in [-0.4, -0.2) is 43.0 Å². The van der Waals surface area contributed by atoms with Crippen molar-refractivity contribution in [2.75, 3.05) is 11.5 Å². The van der Waals surface area contributed by atoms with E-state index in [2.05, 4.69) is 4.98 Å². The highest BCUT2D eigenvalue weighted by Gasteiger charge is 2.28. The minimum Gasteiger partial charge on any atom is -0.478 e. The zero-order chi connectivity index (χ0) is 14.3. The van der Waals surface area contributed by atoms with Gasteiger partial charge in [0.25, 0.3) is 0 Å². The number of hydrogen-bond acceptors (Lipinski definition) is 4. The first-order valence-electron chi connectivity index (χ1n) is 6.15. The van der Waals surface area contributed by atoms with E-state index in [9.17, 15) is 19.8 Å². The van der Waals surface area contributed by atoms with Crippen LogP contribution in [0.5, 0.6) is 0 Å². The van der Waals surface area contributed by atoms with Gasteiger partial charge in [0, 0.05) is 17.9 Å². The second kappa shape index (κ2) is 4.82. The maximum absolute atomic E-state index is 11.3. The molecule has 1 aliphatic heterocycles. The maximum atomic E-state index is 11.3. The Kier molecular flexibility index (Phi) is 3.13. The van der Waals surface area contributed by atoms with E-state index in [1.807, 2.05) is 0 Å². The van der Waals surface area contributed by atoms with Gasteiger partial charge < -0.3 is 14.6 Å². The number of imidazole rings is 1. The third-order valence-electron chi connectivity index (χ3n) is 3.42. The third-order valence-corrected chi connectivity index (χ3v) is 4.58. The molecule has 0 saturated carbocycles. The van der Waals surface area contributed by atoms with Crippen LogP contribution < -0.4 is 0 Å². The van der Waals surface area contributed by atoms with Gasteiger partial charge >= 0.3 is 11.9 Å². The number of rotatable bonds is 3. The van der Waals surface area contributed by atoms with Gasteiger partial charge in [-0.2, -0.15) is 11.8 Å². The molecule has 2 N–H and O–H groups in total. The molecule has 1 atom stereocenters. The lowest BCUT2D eigenvalue weighted by Gasteiger charge is -2.07. The van der Waals surface area contributed by atoms with Gasteiger partial charge in [-0.05, 0) is 24.3 Å². The molecule has 1 saturated heterocycles. The summed E-state index contributed by atoms with van der Waals surface area (Å²) >= 11 is 1.80. The molecule has 2 aromatic rings. The molecule has 0 aromatic carbocycles. The zero-order valence-corrected chi connectivity index (χ0v) is 11.3. The predicted molar refractivity (Wildman–Crippen MR) is 73.8 cm³/mol. The van der Waals surface area contributed by atoms with Gasteiger partial charge in [-0.25, -0.2) is 14.6 Å². The van der Waals surface area contributed by atoms with Crippen LogP contribution in [0, 0.1) is 0 Å². The highest BCUT2D eigenvalue weighted by Crippen LogP contribution is 2.33. The molecule has 20 heavy (non-hydrogen) atoms. The average molecular weight is 292 g/mol. The summed E-state index contributed by atoms with van der Waals surface area (Å²) in [4.78, 5) is 26.8. The summed E-state index contributed by atoms with van der Waals surface area (Å²) < 4.78 is 1.61. The summed E-state index contributed by atoms with van der Waals surface area (Å²) in [6.45, 7) is 0. The second-order valence-corrected chi connectivity index (χ2v) is 5.78. The number of pyridine rings is 1. The first-order chi connectivity index (χ1) is 9.59. The number of aromatic carboxylic acids is 2. The van der Waals surface area contributed by atoms with Crippen LogP contribution in [0.2, 0.25) is 0 Å². The van der Waals surface area contributed by atoms with Crippen molar-refractivity contribution in [3.63, 3.8) is 0 Å². The summed E-state index contributed by atoms with van der Waals surface area (Å²) in [7, 11) is 0. The Morgan fingerprint density at radius 1 is 1.35 bits per heavy atom. The van der Waals surface area contributed by atoms with Crippen LogP contribution in [-0.2, 0) is 0 Å². The van der Waals surface area contributed by atoms with Gasteiger partial charge in [0.15, 0.2) is 5.69 Å². The molecule has 1 fully saturated rings. The minimum absolute atomic E-state index is 0.0331. The van der Waals surface area contributed by atoms with E-state index in [1.54, 1.807) is 28.4 Å². The molecule has 7 heteroatoms. The van der Waals surface area contributed by atoms with Crippen LogP contribution in [0.4, 0.5) is 0 Å². The van der Waals surface area contributed by atoms with Crippen molar-refractivity contribution >= 4 is 29.2 Å². The highest BCUT2D eigenvalue weighted by atomic mass is 32.2. The Morgan fingerprint density at radius 3 is 2.75 bits per heavy atom. The SMILES string of the molecule is O=C(O)c1cccn2c(C3CCSC3)nc(C(=O)O)c12.